The quantitative estimate of drug-likeness (QED) is 0.845. The van der Waals surface area contributed by atoms with Gasteiger partial charge in [0.2, 0.25) is 12.3 Å². The lowest BCUT2D eigenvalue weighted by molar-refractivity contribution is -0.140. The van der Waals surface area contributed by atoms with Crippen molar-refractivity contribution in [1.29, 1.82) is 0 Å². The van der Waals surface area contributed by atoms with Gasteiger partial charge in [0, 0.05) is 19.2 Å². The Labute approximate surface area is 147 Å². The molecule has 2 fully saturated rings. The van der Waals surface area contributed by atoms with Gasteiger partial charge in [-0.3, -0.25) is 14.7 Å². The maximum atomic E-state index is 12.4. The molecule has 2 aliphatic rings. The van der Waals surface area contributed by atoms with Crippen LogP contribution in [0.3, 0.4) is 0 Å². The van der Waals surface area contributed by atoms with E-state index in [1.807, 2.05) is 23.1 Å². The number of pyridine rings is 1. The molecule has 25 heavy (non-hydrogen) atoms. The summed E-state index contributed by atoms with van der Waals surface area (Å²) in [6.45, 7) is 4.23. The molecular formula is C18H23N5O2. The third-order valence-electron chi connectivity index (χ3n) is 5.52. The zero-order valence-corrected chi connectivity index (χ0v) is 14.3. The predicted molar refractivity (Wildman–Crippen MR) is 90.1 cm³/mol. The molecule has 0 radical (unpaired) electrons. The van der Waals surface area contributed by atoms with E-state index in [9.17, 15) is 4.79 Å². The fraction of sp³-hybridized carbons (Fsp3) is 0.556. The molecule has 0 aliphatic carbocycles. The molecule has 7 nitrogen and oxygen atoms in total. The molecule has 2 aliphatic heterocycles. The summed E-state index contributed by atoms with van der Waals surface area (Å²) in [5.41, 5.74) is 1.21. The van der Waals surface area contributed by atoms with Crippen molar-refractivity contribution in [2.75, 3.05) is 19.6 Å². The third kappa shape index (κ3) is 3.71. The van der Waals surface area contributed by atoms with Crippen molar-refractivity contribution in [1.82, 2.24) is 24.9 Å². The number of hydrogen-bond acceptors (Lipinski definition) is 6. The van der Waals surface area contributed by atoms with E-state index >= 15 is 0 Å². The van der Waals surface area contributed by atoms with Crippen LogP contribution in [-0.4, -0.2) is 50.5 Å². The molecule has 0 aromatic carbocycles. The Morgan fingerprint density at radius 1 is 1.12 bits per heavy atom. The summed E-state index contributed by atoms with van der Waals surface area (Å²) in [4.78, 5) is 25.2. The molecule has 4 heterocycles. The molecule has 0 atom stereocenters. The smallest absolute Gasteiger partial charge is 0.222 e. The Balaban J connectivity index is 1.37. The lowest BCUT2D eigenvalue weighted by atomic mass is 9.72. The van der Waals surface area contributed by atoms with Gasteiger partial charge in [-0.2, -0.15) is 4.98 Å². The number of nitrogens with zero attached hydrogens (tertiary/aromatic N) is 5. The van der Waals surface area contributed by atoms with E-state index in [1.165, 1.54) is 6.39 Å². The molecule has 132 valence electrons. The molecule has 2 aromatic rings. The number of rotatable bonds is 4. The number of carbonyl (C=O) groups excluding carboxylic acids is 1. The first kappa shape index (κ1) is 16.2. The van der Waals surface area contributed by atoms with Gasteiger partial charge in [-0.25, -0.2) is 0 Å². The van der Waals surface area contributed by atoms with Crippen LogP contribution in [0.1, 0.15) is 37.2 Å². The van der Waals surface area contributed by atoms with Gasteiger partial charge in [-0.1, -0.05) is 11.2 Å². The van der Waals surface area contributed by atoms with Crippen molar-refractivity contribution in [3.63, 3.8) is 0 Å². The predicted octanol–water partition coefficient (Wildman–Crippen LogP) is 1.87. The second kappa shape index (κ2) is 6.92. The van der Waals surface area contributed by atoms with Crippen molar-refractivity contribution in [2.45, 2.75) is 38.8 Å². The number of hydrogen-bond donors (Lipinski definition) is 0. The Bertz CT molecular complexity index is 696. The molecule has 0 bridgehead atoms. The molecule has 2 saturated heterocycles. The number of amides is 1. The topological polar surface area (TPSA) is 75.4 Å². The van der Waals surface area contributed by atoms with E-state index in [-0.39, 0.29) is 11.3 Å². The van der Waals surface area contributed by atoms with Crippen molar-refractivity contribution in [3.05, 3.63) is 42.3 Å². The summed E-state index contributed by atoms with van der Waals surface area (Å²) >= 11 is 0. The lowest BCUT2D eigenvalue weighted by Gasteiger charge is -2.47. The van der Waals surface area contributed by atoms with Crippen LogP contribution >= 0.6 is 0 Å². The van der Waals surface area contributed by atoms with E-state index in [0.717, 1.165) is 57.0 Å². The summed E-state index contributed by atoms with van der Waals surface area (Å²) in [6, 6.07) is 5.87. The Hall–Kier alpha value is -2.28. The summed E-state index contributed by atoms with van der Waals surface area (Å²) in [7, 11) is 0. The highest BCUT2D eigenvalue weighted by Crippen LogP contribution is 2.40. The van der Waals surface area contributed by atoms with Crippen LogP contribution in [0.2, 0.25) is 0 Å². The van der Waals surface area contributed by atoms with Crippen molar-refractivity contribution >= 4 is 5.91 Å². The van der Waals surface area contributed by atoms with Crippen LogP contribution in [0.25, 0.3) is 0 Å². The van der Waals surface area contributed by atoms with Crippen molar-refractivity contribution < 1.29 is 9.32 Å². The minimum atomic E-state index is 0.246. The highest BCUT2D eigenvalue weighted by atomic mass is 16.5. The lowest BCUT2D eigenvalue weighted by Crippen LogP contribution is -2.51. The molecule has 0 saturated carbocycles. The Morgan fingerprint density at radius 2 is 2.00 bits per heavy atom. The monoisotopic (exact) mass is 341 g/mol. The minimum Gasteiger partial charge on any atom is -0.343 e. The van der Waals surface area contributed by atoms with E-state index in [4.69, 9.17) is 4.52 Å². The van der Waals surface area contributed by atoms with Crippen molar-refractivity contribution in [2.24, 2.45) is 5.41 Å². The van der Waals surface area contributed by atoms with Crippen LogP contribution in [0.5, 0.6) is 0 Å². The highest BCUT2D eigenvalue weighted by Gasteiger charge is 2.41. The first-order valence-corrected chi connectivity index (χ1v) is 8.88. The second-order valence-corrected chi connectivity index (χ2v) is 7.19. The summed E-state index contributed by atoms with van der Waals surface area (Å²) < 4.78 is 4.81. The normalized spacial score (nSPS) is 21.0. The minimum absolute atomic E-state index is 0.246. The van der Waals surface area contributed by atoms with Crippen LogP contribution < -0.4 is 0 Å². The van der Waals surface area contributed by atoms with Gasteiger partial charge < -0.3 is 9.42 Å². The molecular weight excluding hydrogens is 318 g/mol. The fourth-order valence-corrected chi connectivity index (χ4v) is 3.99. The number of piperidine rings is 2. The van der Waals surface area contributed by atoms with Crippen LogP contribution in [0, 0.1) is 5.41 Å². The highest BCUT2D eigenvalue weighted by molar-refractivity contribution is 5.77. The maximum absolute atomic E-state index is 12.4. The number of likely N-dealkylation sites (tertiary alicyclic amines) is 2. The SMILES string of the molecule is O=C1CCC2(CCN(Cc3ncon3)CC2)CN1Cc1ccccn1. The Morgan fingerprint density at radius 3 is 2.72 bits per heavy atom. The molecule has 0 N–H and O–H groups in total. The summed E-state index contributed by atoms with van der Waals surface area (Å²) in [5, 5.41) is 3.90. The number of aromatic nitrogens is 3. The molecule has 2 aromatic heterocycles. The van der Waals surface area contributed by atoms with Crippen LogP contribution in [0.15, 0.2) is 35.3 Å². The van der Waals surface area contributed by atoms with E-state index in [0.29, 0.717) is 13.0 Å². The second-order valence-electron chi connectivity index (χ2n) is 7.19. The average molecular weight is 341 g/mol. The van der Waals surface area contributed by atoms with E-state index in [2.05, 4.69) is 20.0 Å². The molecule has 7 heteroatoms. The van der Waals surface area contributed by atoms with Gasteiger partial charge in [0.25, 0.3) is 0 Å². The molecule has 0 unspecified atom stereocenters. The Kier molecular flexibility index (Phi) is 4.48. The van der Waals surface area contributed by atoms with E-state index in [1.54, 1.807) is 6.20 Å². The van der Waals surface area contributed by atoms with Gasteiger partial charge in [-0.05, 0) is 49.9 Å². The van der Waals surface area contributed by atoms with Crippen LogP contribution in [0.4, 0.5) is 0 Å². The van der Waals surface area contributed by atoms with Gasteiger partial charge in [0.15, 0.2) is 5.82 Å². The maximum Gasteiger partial charge on any atom is 0.222 e. The van der Waals surface area contributed by atoms with Gasteiger partial charge in [-0.15, -0.1) is 0 Å². The zero-order chi connectivity index (χ0) is 17.1. The van der Waals surface area contributed by atoms with Crippen LogP contribution in [-0.2, 0) is 17.9 Å². The molecule has 1 spiro atoms. The molecule has 1 amide bonds. The van der Waals surface area contributed by atoms with Gasteiger partial charge in [0.1, 0.15) is 0 Å². The summed E-state index contributed by atoms with van der Waals surface area (Å²) in [6.07, 6.45) is 7.03. The first-order valence-electron chi connectivity index (χ1n) is 8.88. The number of carbonyl (C=O) groups is 1. The molecule has 4 rings (SSSR count). The largest absolute Gasteiger partial charge is 0.343 e. The average Bonchev–Trinajstić information content (AvgIpc) is 3.15. The zero-order valence-electron chi connectivity index (χ0n) is 14.3. The van der Waals surface area contributed by atoms with Crippen molar-refractivity contribution in [3.8, 4) is 0 Å². The first-order chi connectivity index (χ1) is 12.2. The fourth-order valence-electron chi connectivity index (χ4n) is 3.99. The van der Waals surface area contributed by atoms with Gasteiger partial charge >= 0.3 is 0 Å². The third-order valence-corrected chi connectivity index (χ3v) is 5.52. The van der Waals surface area contributed by atoms with Gasteiger partial charge in [0.05, 0.1) is 18.8 Å². The standard InChI is InChI=1S/C18H23N5O2/c24-17-4-5-18(13-23(17)11-15-3-1-2-8-19-15)6-9-22(10-7-18)12-16-20-14-25-21-16/h1-3,8,14H,4-7,9-13H2. The summed E-state index contributed by atoms with van der Waals surface area (Å²) in [5.74, 6) is 0.997. The van der Waals surface area contributed by atoms with E-state index < -0.39 is 0 Å².